The van der Waals surface area contributed by atoms with Crippen LogP contribution in [0.5, 0.6) is 0 Å². The predicted molar refractivity (Wildman–Crippen MR) is 53.6 cm³/mol. The molecule has 0 fully saturated rings. The van der Waals surface area contributed by atoms with Gasteiger partial charge in [0.15, 0.2) is 0 Å². The second-order valence-electron chi connectivity index (χ2n) is 2.67. The second-order valence-corrected chi connectivity index (χ2v) is 3.70. The van der Waals surface area contributed by atoms with Crippen LogP contribution in [0.1, 0.15) is 11.9 Å². The highest BCUT2D eigenvalue weighted by molar-refractivity contribution is 7.20. The minimum atomic E-state index is 0.557. The van der Waals surface area contributed by atoms with Crippen molar-refractivity contribution in [3.63, 3.8) is 0 Å². The summed E-state index contributed by atoms with van der Waals surface area (Å²) < 4.78 is 1.11. The maximum atomic E-state index is 8.57. The second kappa shape index (κ2) is 3.14. The third kappa shape index (κ3) is 1.40. The molecule has 0 spiro atoms. The minimum Gasteiger partial charge on any atom is -0.411 e. The summed E-state index contributed by atoms with van der Waals surface area (Å²) in [7, 11) is 0. The van der Waals surface area contributed by atoms with Gasteiger partial charge in [-0.3, -0.25) is 0 Å². The Morgan fingerprint density at radius 2 is 2.23 bits per heavy atom. The standard InChI is InChI=1S/C9H8N2OS/c1-6(11-12)9-10-7-4-2-3-5-8(7)13-9/h2-5,12H,1H3/b11-6-. The summed E-state index contributed by atoms with van der Waals surface area (Å²) >= 11 is 1.53. The molecule has 0 aliphatic heterocycles. The van der Waals surface area contributed by atoms with Gasteiger partial charge in [-0.2, -0.15) is 0 Å². The van der Waals surface area contributed by atoms with Gasteiger partial charge < -0.3 is 5.21 Å². The maximum Gasteiger partial charge on any atom is 0.142 e. The molecule has 3 nitrogen and oxygen atoms in total. The van der Waals surface area contributed by atoms with Crippen molar-refractivity contribution < 1.29 is 5.21 Å². The van der Waals surface area contributed by atoms with E-state index in [9.17, 15) is 0 Å². The van der Waals surface area contributed by atoms with E-state index in [0.29, 0.717) is 5.71 Å². The molecule has 1 aromatic heterocycles. The quantitative estimate of drug-likeness (QED) is 0.428. The number of rotatable bonds is 1. The summed E-state index contributed by atoms with van der Waals surface area (Å²) in [6, 6.07) is 7.86. The monoisotopic (exact) mass is 192 g/mol. The summed E-state index contributed by atoms with van der Waals surface area (Å²) in [6.45, 7) is 1.73. The molecular formula is C9H8N2OS. The van der Waals surface area contributed by atoms with Gasteiger partial charge in [-0.15, -0.1) is 11.3 Å². The fraction of sp³-hybridized carbons (Fsp3) is 0.111. The Balaban J connectivity index is 2.62. The van der Waals surface area contributed by atoms with E-state index in [1.165, 1.54) is 11.3 Å². The molecule has 66 valence electrons. The lowest BCUT2D eigenvalue weighted by Crippen LogP contribution is -1.91. The molecular weight excluding hydrogens is 184 g/mol. The zero-order valence-electron chi connectivity index (χ0n) is 7.06. The number of hydrogen-bond acceptors (Lipinski definition) is 4. The number of aromatic nitrogens is 1. The van der Waals surface area contributed by atoms with Crippen LogP contribution in [0.25, 0.3) is 10.2 Å². The van der Waals surface area contributed by atoms with Gasteiger partial charge >= 0.3 is 0 Å². The Morgan fingerprint density at radius 1 is 1.46 bits per heavy atom. The van der Waals surface area contributed by atoms with E-state index in [4.69, 9.17) is 5.21 Å². The van der Waals surface area contributed by atoms with Crippen LogP contribution in [0.2, 0.25) is 0 Å². The van der Waals surface area contributed by atoms with Crippen LogP contribution in [-0.4, -0.2) is 15.9 Å². The lowest BCUT2D eigenvalue weighted by molar-refractivity contribution is 0.319. The maximum absolute atomic E-state index is 8.57. The molecule has 0 unspecified atom stereocenters. The average molecular weight is 192 g/mol. The molecule has 2 rings (SSSR count). The highest BCUT2D eigenvalue weighted by Gasteiger charge is 2.05. The van der Waals surface area contributed by atoms with Gasteiger partial charge in [0, 0.05) is 0 Å². The van der Waals surface area contributed by atoms with Crippen molar-refractivity contribution in [3.8, 4) is 0 Å². The van der Waals surface area contributed by atoms with Gasteiger partial charge in [-0.1, -0.05) is 17.3 Å². The van der Waals surface area contributed by atoms with Gasteiger partial charge in [0.1, 0.15) is 10.7 Å². The summed E-state index contributed by atoms with van der Waals surface area (Å²) in [4.78, 5) is 4.31. The highest BCUT2D eigenvalue weighted by Crippen LogP contribution is 2.21. The Morgan fingerprint density at radius 3 is 2.92 bits per heavy atom. The smallest absolute Gasteiger partial charge is 0.142 e. The molecule has 1 heterocycles. The van der Waals surface area contributed by atoms with E-state index >= 15 is 0 Å². The van der Waals surface area contributed by atoms with E-state index in [1.54, 1.807) is 6.92 Å². The summed E-state index contributed by atoms with van der Waals surface area (Å²) in [5.41, 5.74) is 1.51. The zero-order chi connectivity index (χ0) is 9.26. The van der Waals surface area contributed by atoms with E-state index in [1.807, 2.05) is 24.3 Å². The fourth-order valence-corrected chi connectivity index (χ4v) is 1.98. The molecule has 4 heteroatoms. The first kappa shape index (κ1) is 8.19. The Hall–Kier alpha value is -1.42. The van der Waals surface area contributed by atoms with Gasteiger partial charge in [0.2, 0.25) is 0 Å². The third-order valence-corrected chi connectivity index (χ3v) is 2.90. The lowest BCUT2D eigenvalue weighted by atomic mass is 10.3. The van der Waals surface area contributed by atoms with Gasteiger partial charge in [0.25, 0.3) is 0 Å². The molecule has 0 saturated heterocycles. The van der Waals surface area contributed by atoms with Crippen molar-refractivity contribution in [2.45, 2.75) is 6.92 Å². The van der Waals surface area contributed by atoms with Crippen molar-refractivity contribution in [2.75, 3.05) is 0 Å². The van der Waals surface area contributed by atoms with Crippen molar-refractivity contribution in [1.29, 1.82) is 0 Å². The van der Waals surface area contributed by atoms with Crippen LogP contribution < -0.4 is 0 Å². The first-order valence-electron chi connectivity index (χ1n) is 3.86. The molecule has 0 radical (unpaired) electrons. The van der Waals surface area contributed by atoms with Crippen molar-refractivity contribution >= 4 is 27.3 Å². The minimum absolute atomic E-state index is 0.557. The van der Waals surface area contributed by atoms with E-state index < -0.39 is 0 Å². The highest BCUT2D eigenvalue weighted by atomic mass is 32.1. The third-order valence-electron chi connectivity index (χ3n) is 1.75. The number of benzene rings is 1. The Bertz CT molecular complexity index is 428. The number of para-hydroxylation sites is 1. The van der Waals surface area contributed by atoms with Crippen LogP contribution >= 0.6 is 11.3 Å². The number of nitrogens with zero attached hydrogens (tertiary/aromatic N) is 2. The zero-order valence-corrected chi connectivity index (χ0v) is 7.88. The molecule has 1 aromatic carbocycles. The Labute approximate surface area is 79.3 Å². The van der Waals surface area contributed by atoms with Crippen LogP contribution in [0.4, 0.5) is 0 Å². The predicted octanol–water partition coefficient (Wildman–Crippen LogP) is 2.49. The molecule has 0 aliphatic carbocycles. The number of thiazole rings is 1. The molecule has 1 N–H and O–H groups in total. The molecule has 13 heavy (non-hydrogen) atoms. The van der Waals surface area contributed by atoms with Gasteiger partial charge in [0.05, 0.1) is 10.2 Å². The molecule has 0 saturated carbocycles. The molecule has 0 amide bonds. The van der Waals surface area contributed by atoms with E-state index in [-0.39, 0.29) is 0 Å². The van der Waals surface area contributed by atoms with Crippen LogP contribution in [0.15, 0.2) is 29.4 Å². The van der Waals surface area contributed by atoms with Crippen LogP contribution in [0, 0.1) is 0 Å². The summed E-state index contributed by atoms with van der Waals surface area (Å²) in [6.07, 6.45) is 0. The first-order chi connectivity index (χ1) is 6.31. The van der Waals surface area contributed by atoms with Crippen molar-refractivity contribution in [1.82, 2.24) is 4.98 Å². The number of fused-ring (bicyclic) bond motifs is 1. The number of hydrogen-bond donors (Lipinski definition) is 1. The average Bonchev–Trinajstić information content (AvgIpc) is 2.59. The number of oxime groups is 1. The molecule has 0 bridgehead atoms. The Kier molecular flexibility index (Phi) is 1.98. The van der Waals surface area contributed by atoms with E-state index in [2.05, 4.69) is 10.1 Å². The van der Waals surface area contributed by atoms with Crippen molar-refractivity contribution in [2.24, 2.45) is 5.16 Å². The lowest BCUT2D eigenvalue weighted by Gasteiger charge is -1.86. The SMILES string of the molecule is C/C(=N/O)c1nc2ccccc2s1. The van der Waals surface area contributed by atoms with Gasteiger partial charge in [-0.25, -0.2) is 4.98 Å². The normalized spacial score (nSPS) is 12.2. The van der Waals surface area contributed by atoms with Crippen molar-refractivity contribution in [3.05, 3.63) is 29.3 Å². The summed E-state index contributed by atoms with van der Waals surface area (Å²) in [5.74, 6) is 0. The fourth-order valence-electron chi connectivity index (χ4n) is 1.07. The topological polar surface area (TPSA) is 45.5 Å². The van der Waals surface area contributed by atoms with Crippen LogP contribution in [-0.2, 0) is 0 Å². The molecule has 0 atom stereocenters. The largest absolute Gasteiger partial charge is 0.411 e. The molecule has 2 aromatic rings. The first-order valence-corrected chi connectivity index (χ1v) is 4.67. The van der Waals surface area contributed by atoms with E-state index in [0.717, 1.165) is 15.2 Å². The van der Waals surface area contributed by atoms with Crippen LogP contribution in [0.3, 0.4) is 0 Å². The van der Waals surface area contributed by atoms with Gasteiger partial charge in [-0.05, 0) is 19.1 Å². The molecule has 0 aliphatic rings. The summed E-state index contributed by atoms with van der Waals surface area (Å²) in [5, 5.41) is 12.5.